The van der Waals surface area contributed by atoms with E-state index in [1.807, 2.05) is 20.8 Å². The molecule has 0 radical (unpaired) electrons. The number of carboxylic acids is 1. The highest BCUT2D eigenvalue weighted by atomic mass is 32.2. The van der Waals surface area contributed by atoms with Crippen LogP contribution in [0.5, 0.6) is 11.5 Å². The topological polar surface area (TPSA) is 134 Å². The number of phenols is 1. The van der Waals surface area contributed by atoms with Gasteiger partial charge in [-0.25, -0.2) is 4.79 Å². The lowest BCUT2D eigenvalue weighted by Crippen LogP contribution is -2.24. The first-order valence-electron chi connectivity index (χ1n) is 17.2. The summed E-state index contributed by atoms with van der Waals surface area (Å²) in [6.07, 6.45) is 13.7. The van der Waals surface area contributed by atoms with Gasteiger partial charge in [0.1, 0.15) is 16.7 Å². The normalized spacial score (nSPS) is 11.8. The van der Waals surface area contributed by atoms with Crippen molar-refractivity contribution in [2.45, 2.75) is 116 Å². The maximum Gasteiger partial charge on any atom is 0.411 e. The summed E-state index contributed by atoms with van der Waals surface area (Å²) in [5, 5.41) is 26.7. The van der Waals surface area contributed by atoms with Gasteiger partial charge in [-0.1, -0.05) is 110 Å². The van der Waals surface area contributed by atoms with Crippen molar-refractivity contribution in [1.82, 2.24) is 5.32 Å². The van der Waals surface area contributed by atoms with Crippen LogP contribution >= 0.6 is 11.8 Å². The largest absolute Gasteiger partial charge is 0.506 e. The molecule has 0 bridgehead atoms. The van der Waals surface area contributed by atoms with Crippen LogP contribution in [0.15, 0.2) is 24.3 Å². The molecule has 0 spiro atoms. The number of unbranched alkanes of at least 4 members (excludes halogenated alkanes) is 10. The number of thioether (sulfide) groups is 1. The van der Waals surface area contributed by atoms with E-state index >= 15 is 0 Å². The number of nitrogens with one attached hydrogen (secondary N) is 2. The minimum Gasteiger partial charge on any atom is -0.506 e. The summed E-state index contributed by atoms with van der Waals surface area (Å²) in [4.78, 5) is 37.5. The van der Waals surface area contributed by atoms with Crippen molar-refractivity contribution < 1.29 is 34.1 Å². The summed E-state index contributed by atoms with van der Waals surface area (Å²) in [5.74, 6) is -0.589. The van der Waals surface area contributed by atoms with Crippen molar-refractivity contribution in [3.05, 3.63) is 29.8 Å². The van der Waals surface area contributed by atoms with E-state index in [1.54, 1.807) is 18.2 Å². The van der Waals surface area contributed by atoms with Crippen molar-refractivity contribution in [1.29, 1.82) is 0 Å². The molecule has 0 aromatic heterocycles. The zero-order valence-corrected chi connectivity index (χ0v) is 29.1. The predicted molar refractivity (Wildman–Crippen MR) is 189 cm³/mol. The first-order valence-corrected chi connectivity index (χ1v) is 18.2. The fourth-order valence-corrected chi connectivity index (χ4v) is 6.06. The molecule has 0 aliphatic carbocycles. The smallest absolute Gasteiger partial charge is 0.411 e. The van der Waals surface area contributed by atoms with Gasteiger partial charge in [0.05, 0.1) is 29.9 Å². The maximum atomic E-state index is 13.0. The first kappa shape index (κ1) is 39.0. The standard InChI is InChI=1S/C36H56N2O7S/c1-5-7-9-10-11-12-13-14-15-16-20-31(35(41)42)46-23-22-44-30-24-28(34(40)37-21-8-6-2)33(39)27-18-17-19-29(32(27)30)38-36(43)45-25-26(3)4/h17-19,24,26,31,39H,5-16,20-23,25H2,1-4H3,(H,37,40)(H,38,43)(H,41,42). The molecular weight excluding hydrogens is 604 g/mol. The second kappa shape index (κ2) is 22.4. The molecule has 1 atom stereocenters. The highest BCUT2D eigenvalue weighted by Gasteiger charge is 2.22. The van der Waals surface area contributed by atoms with E-state index in [2.05, 4.69) is 17.6 Å². The van der Waals surface area contributed by atoms with Crippen LogP contribution in [0.4, 0.5) is 10.5 Å². The molecular formula is C36H56N2O7S. The molecule has 0 aliphatic heterocycles. The number of carboxylic acid groups (broad SMARTS) is 1. The number of phenolic OH excluding ortho intramolecular Hbond substituents is 1. The summed E-state index contributed by atoms with van der Waals surface area (Å²) >= 11 is 1.34. The van der Waals surface area contributed by atoms with Crippen LogP contribution in [0.25, 0.3) is 10.8 Å². The van der Waals surface area contributed by atoms with Crippen molar-refractivity contribution in [2.75, 3.05) is 30.8 Å². The predicted octanol–water partition coefficient (Wildman–Crippen LogP) is 9.16. The Bertz CT molecular complexity index is 1220. The SMILES string of the molecule is CCCCCCCCCCCCC(SCCOc1cc(C(=O)NCCCC)c(O)c2cccc(NC(=O)OCC(C)C)c12)C(=O)O. The number of aromatic hydroxyl groups is 1. The van der Waals surface area contributed by atoms with E-state index in [4.69, 9.17) is 9.47 Å². The molecule has 0 fully saturated rings. The Morgan fingerprint density at radius 2 is 1.57 bits per heavy atom. The highest BCUT2D eigenvalue weighted by molar-refractivity contribution is 8.00. The van der Waals surface area contributed by atoms with Crippen molar-refractivity contribution in [2.24, 2.45) is 5.92 Å². The second-order valence-electron chi connectivity index (χ2n) is 12.2. The number of hydrogen-bond acceptors (Lipinski definition) is 7. The highest BCUT2D eigenvalue weighted by Crippen LogP contribution is 2.40. The number of rotatable bonds is 24. The molecule has 10 heteroatoms. The summed E-state index contributed by atoms with van der Waals surface area (Å²) in [6, 6.07) is 6.48. The fraction of sp³-hybridized carbons (Fsp3) is 0.639. The van der Waals surface area contributed by atoms with Crippen molar-refractivity contribution >= 4 is 46.2 Å². The Kier molecular flexibility index (Phi) is 19.0. The quantitative estimate of drug-likeness (QED) is 0.0819. The third-order valence-corrected chi connectivity index (χ3v) is 8.94. The first-order chi connectivity index (χ1) is 22.2. The third-order valence-electron chi connectivity index (χ3n) is 7.70. The molecule has 1 unspecified atom stereocenters. The average Bonchev–Trinajstić information content (AvgIpc) is 3.02. The zero-order chi connectivity index (χ0) is 33.7. The number of hydrogen-bond donors (Lipinski definition) is 4. The van der Waals surface area contributed by atoms with Crippen LogP contribution in [0.3, 0.4) is 0 Å². The summed E-state index contributed by atoms with van der Waals surface area (Å²) in [6.45, 7) is 9.02. The van der Waals surface area contributed by atoms with Gasteiger partial charge in [-0.2, -0.15) is 0 Å². The van der Waals surface area contributed by atoms with E-state index in [0.29, 0.717) is 40.9 Å². The molecule has 2 rings (SSSR count). The van der Waals surface area contributed by atoms with Crippen LogP contribution in [-0.2, 0) is 9.53 Å². The van der Waals surface area contributed by atoms with Gasteiger partial charge in [0, 0.05) is 17.7 Å². The van der Waals surface area contributed by atoms with Gasteiger partial charge in [-0.3, -0.25) is 14.9 Å². The Hall–Kier alpha value is -3.14. The van der Waals surface area contributed by atoms with E-state index in [0.717, 1.165) is 32.1 Å². The molecule has 2 aromatic rings. The van der Waals surface area contributed by atoms with E-state index < -0.39 is 23.2 Å². The molecule has 0 aliphatic rings. The Labute approximate surface area is 279 Å². The molecule has 0 heterocycles. The number of fused-ring (bicyclic) bond motifs is 1. The summed E-state index contributed by atoms with van der Waals surface area (Å²) < 4.78 is 11.4. The van der Waals surface area contributed by atoms with E-state index in [-0.39, 0.29) is 30.4 Å². The van der Waals surface area contributed by atoms with Gasteiger partial charge in [0.25, 0.3) is 5.91 Å². The van der Waals surface area contributed by atoms with Crippen LogP contribution < -0.4 is 15.4 Å². The number of carbonyl (C=O) groups is 3. The fourth-order valence-electron chi connectivity index (χ4n) is 5.12. The van der Waals surface area contributed by atoms with Crippen LogP contribution in [0.2, 0.25) is 0 Å². The minimum absolute atomic E-state index is 0.0650. The number of benzene rings is 2. The summed E-state index contributed by atoms with van der Waals surface area (Å²) in [7, 11) is 0. The van der Waals surface area contributed by atoms with Crippen LogP contribution in [0.1, 0.15) is 122 Å². The maximum absolute atomic E-state index is 13.0. The molecule has 46 heavy (non-hydrogen) atoms. The average molecular weight is 661 g/mol. The molecule has 4 N–H and O–H groups in total. The van der Waals surface area contributed by atoms with Crippen LogP contribution in [0, 0.1) is 5.92 Å². The molecule has 2 amide bonds. The van der Waals surface area contributed by atoms with Gasteiger partial charge in [-0.15, -0.1) is 11.8 Å². The molecule has 9 nitrogen and oxygen atoms in total. The minimum atomic E-state index is -0.826. The van der Waals surface area contributed by atoms with Gasteiger partial charge in [-0.05, 0) is 30.9 Å². The number of carbonyl (C=O) groups excluding carboxylic acids is 2. The lowest BCUT2D eigenvalue weighted by atomic mass is 10.0. The molecule has 0 saturated carbocycles. The van der Waals surface area contributed by atoms with Gasteiger partial charge in [0.2, 0.25) is 0 Å². The number of ether oxygens (including phenoxy) is 2. The zero-order valence-electron chi connectivity index (χ0n) is 28.3. The Morgan fingerprint density at radius 3 is 2.20 bits per heavy atom. The van der Waals surface area contributed by atoms with Crippen molar-refractivity contribution in [3.8, 4) is 11.5 Å². The van der Waals surface area contributed by atoms with Gasteiger partial charge in [0.15, 0.2) is 0 Å². The monoisotopic (exact) mass is 660 g/mol. The lowest BCUT2D eigenvalue weighted by molar-refractivity contribution is -0.136. The van der Waals surface area contributed by atoms with Gasteiger partial charge < -0.3 is 25.0 Å². The van der Waals surface area contributed by atoms with Crippen LogP contribution in [-0.4, -0.2) is 58.9 Å². The Balaban J connectivity index is 2.08. The number of amides is 2. The second-order valence-corrected chi connectivity index (χ2v) is 13.6. The van der Waals surface area contributed by atoms with Gasteiger partial charge >= 0.3 is 12.1 Å². The molecule has 0 saturated heterocycles. The third kappa shape index (κ3) is 14.1. The molecule has 258 valence electrons. The lowest BCUT2D eigenvalue weighted by Gasteiger charge is -2.18. The Morgan fingerprint density at radius 1 is 0.913 bits per heavy atom. The number of anilines is 1. The number of aliphatic carboxylic acids is 1. The summed E-state index contributed by atoms with van der Waals surface area (Å²) in [5.41, 5.74) is 0.432. The van der Waals surface area contributed by atoms with E-state index in [1.165, 1.54) is 62.8 Å². The molecule has 2 aromatic carbocycles. The van der Waals surface area contributed by atoms with Crippen molar-refractivity contribution in [3.63, 3.8) is 0 Å². The van der Waals surface area contributed by atoms with E-state index in [9.17, 15) is 24.6 Å².